The van der Waals surface area contributed by atoms with Gasteiger partial charge < -0.3 is 14.8 Å². The molecule has 1 aromatic heterocycles. The standard InChI is InChI=1S/C16H21N5OS/c1-5-10-21-12(2)18-19-16(21)23-11-15(22)17-13-6-8-14(9-7-13)20(3)4/h5-9H,1,10-11H2,2-4H3,(H,17,22). The maximum absolute atomic E-state index is 12.1. The Morgan fingerprint density at radius 3 is 2.65 bits per heavy atom. The van der Waals surface area contributed by atoms with Crippen LogP contribution in [0, 0.1) is 6.92 Å². The van der Waals surface area contributed by atoms with Crippen molar-refractivity contribution >= 4 is 29.0 Å². The number of amides is 1. The Kier molecular flexibility index (Phi) is 5.81. The predicted octanol–water partition coefficient (Wildman–Crippen LogP) is 2.57. The van der Waals surface area contributed by atoms with Gasteiger partial charge >= 0.3 is 0 Å². The SMILES string of the molecule is C=CCn1c(C)nnc1SCC(=O)Nc1ccc(N(C)C)cc1. The van der Waals surface area contributed by atoms with Gasteiger partial charge in [0.05, 0.1) is 5.75 Å². The number of allylic oxidation sites excluding steroid dienone is 1. The summed E-state index contributed by atoms with van der Waals surface area (Å²) in [4.78, 5) is 14.1. The minimum atomic E-state index is -0.0709. The van der Waals surface area contributed by atoms with Crippen LogP contribution in [0.15, 0.2) is 42.1 Å². The lowest BCUT2D eigenvalue weighted by Crippen LogP contribution is -2.15. The molecule has 0 aliphatic heterocycles. The van der Waals surface area contributed by atoms with E-state index in [2.05, 4.69) is 22.1 Å². The van der Waals surface area contributed by atoms with Crippen LogP contribution in [0.4, 0.5) is 11.4 Å². The van der Waals surface area contributed by atoms with Crippen LogP contribution in [0.25, 0.3) is 0 Å². The Bertz CT molecular complexity index is 678. The molecule has 0 atom stereocenters. The summed E-state index contributed by atoms with van der Waals surface area (Å²) in [6, 6.07) is 7.71. The molecule has 2 aromatic rings. The topological polar surface area (TPSA) is 63.1 Å². The lowest BCUT2D eigenvalue weighted by molar-refractivity contribution is -0.113. The van der Waals surface area contributed by atoms with E-state index < -0.39 is 0 Å². The van der Waals surface area contributed by atoms with Crippen LogP contribution < -0.4 is 10.2 Å². The first-order valence-corrected chi connectivity index (χ1v) is 8.20. The zero-order chi connectivity index (χ0) is 16.8. The molecule has 23 heavy (non-hydrogen) atoms. The van der Waals surface area contributed by atoms with Crippen LogP contribution in [0.1, 0.15) is 5.82 Å². The Labute approximate surface area is 140 Å². The molecule has 2 rings (SSSR count). The lowest BCUT2D eigenvalue weighted by atomic mass is 10.2. The van der Waals surface area contributed by atoms with E-state index in [1.54, 1.807) is 6.08 Å². The summed E-state index contributed by atoms with van der Waals surface area (Å²) in [5.41, 5.74) is 1.87. The van der Waals surface area contributed by atoms with E-state index in [1.807, 2.05) is 54.8 Å². The van der Waals surface area contributed by atoms with Gasteiger partial charge in [0, 0.05) is 32.0 Å². The van der Waals surface area contributed by atoms with E-state index in [9.17, 15) is 4.79 Å². The fraction of sp³-hybridized carbons (Fsp3) is 0.312. The van der Waals surface area contributed by atoms with Crippen LogP contribution in [0.2, 0.25) is 0 Å². The van der Waals surface area contributed by atoms with Crippen LogP contribution in [-0.4, -0.2) is 40.5 Å². The number of aryl methyl sites for hydroxylation is 1. The van der Waals surface area contributed by atoms with Crippen LogP contribution in [0.3, 0.4) is 0 Å². The Hall–Kier alpha value is -2.28. The summed E-state index contributed by atoms with van der Waals surface area (Å²) in [7, 11) is 3.96. The number of hydrogen-bond donors (Lipinski definition) is 1. The summed E-state index contributed by atoms with van der Waals surface area (Å²) in [5, 5.41) is 11.7. The van der Waals surface area contributed by atoms with Crippen molar-refractivity contribution in [3.05, 3.63) is 42.7 Å². The number of carbonyl (C=O) groups is 1. The molecule has 1 aromatic carbocycles. The van der Waals surface area contributed by atoms with Gasteiger partial charge in [-0.15, -0.1) is 16.8 Å². The summed E-state index contributed by atoms with van der Waals surface area (Å²) >= 11 is 1.36. The number of benzene rings is 1. The Morgan fingerprint density at radius 2 is 2.04 bits per heavy atom. The average Bonchev–Trinajstić information content (AvgIpc) is 2.87. The highest BCUT2D eigenvalue weighted by molar-refractivity contribution is 7.99. The van der Waals surface area contributed by atoms with Crippen molar-refractivity contribution in [3.8, 4) is 0 Å². The summed E-state index contributed by atoms with van der Waals surface area (Å²) in [6.45, 7) is 6.24. The van der Waals surface area contributed by atoms with Crippen molar-refractivity contribution < 1.29 is 4.79 Å². The molecule has 0 saturated heterocycles. The number of anilines is 2. The third kappa shape index (κ3) is 4.59. The maximum atomic E-state index is 12.1. The van der Waals surface area contributed by atoms with Gasteiger partial charge in [0.25, 0.3) is 0 Å². The minimum Gasteiger partial charge on any atom is -0.378 e. The highest BCUT2D eigenvalue weighted by atomic mass is 32.2. The molecule has 1 heterocycles. The van der Waals surface area contributed by atoms with Crippen molar-refractivity contribution in [3.63, 3.8) is 0 Å². The van der Waals surface area contributed by atoms with Gasteiger partial charge in [-0.25, -0.2) is 0 Å². The molecule has 0 unspecified atom stereocenters. The van der Waals surface area contributed by atoms with Gasteiger partial charge in [0.1, 0.15) is 5.82 Å². The van der Waals surface area contributed by atoms with Crippen molar-refractivity contribution in [1.29, 1.82) is 0 Å². The van der Waals surface area contributed by atoms with E-state index in [4.69, 9.17) is 0 Å². The molecule has 0 aliphatic carbocycles. The molecule has 1 N–H and O–H groups in total. The van der Waals surface area contributed by atoms with Crippen molar-refractivity contribution in [2.75, 3.05) is 30.1 Å². The van der Waals surface area contributed by atoms with E-state index in [-0.39, 0.29) is 11.7 Å². The van der Waals surface area contributed by atoms with Gasteiger partial charge in [0.2, 0.25) is 5.91 Å². The summed E-state index contributed by atoms with van der Waals surface area (Å²) in [5.74, 6) is 1.02. The molecular formula is C16H21N5OS. The zero-order valence-electron chi connectivity index (χ0n) is 13.6. The number of hydrogen-bond acceptors (Lipinski definition) is 5. The third-order valence-corrected chi connectivity index (χ3v) is 4.18. The second-order valence-corrected chi connectivity index (χ2v) is 6.15. The molecular weight excluding hydrogens is 310 g/mol. The average molecular weight is 331 g/mol. The quantitative estimate of drug-likeness (QED) is 0.624. The van der Waals surface area contributed by atoms with Gasteiger partial charge in [-0.3, -0.25) is 4.79 Å². The number of nitrogens with one attached hydrogen (secondary N) is 1. The number of thioether (sulfide) groups is 1. The maximum Gasteiger partial charge on any atom is 0.234 e. The van der Waals surface area contributed by atoms with E-state index >= 15 is 0 Å². The Morgan fingerprint density at radius 1 is 1.35 bits per heavy atom. The molecule has 0 fully saturated rings. The molecule has 6 nitrogen and oxygen atoms in total. The van der Waals surface area contributed by atoms with Gasteiger partial charge in [-0.05, 0) is 31.2 Å². The molecule has 0 radical (unpaired) electrons. The fourth-order valence-corrected chi connectivity index (χ4v) is 2.77. The number of nitrogens with zero attached hydrogens (tertiary/aromatic N) is 4. The molecule has 0 spiro atoms. The second-order valence-electron chi connectivity index (χ2n) is 5.21. The number of aromatic nitrogens is 3. The first-order chi connectivity index (χ1) is 11.0. The van der Waals surface area contributed by atoms with Gasteiger partial charge in [-0.2, -0.15) is 0 Å². The molecule has 0 aliphatic rings. The normalized spacial score (nSPS) is 10.4. The Balaban J connectivity index is 1.91. The van der Waals surface area contributed by atoms with Crippen molar-refractivity contribution in [2.45, 2.75) is 18.6 Å². The summed E-state index contributed by atoms with van der Waals surface area (Å²) < 4.78 is 1.93. The highest BCUT2D eigenvalue weighted by Gasteiger charge is 2.11. The van der Waals surface area contributed by atoms with Gasteiger partial charge in [0.15, 0.2) is 5.16 Å². The minimum absolute atomic E-state index is 0.0709. The van der Waals surface area contributed by atoms with E-state index in [0.717, 1.165) is 22.4 Å². The first kappa shape index (κ1) is 17.1. The van der Waals surface area contributed by atoms with Crippen molar-refractivity contribution in [2.24, 2.45) is 0 Å². The van der Waals surface area contributed by atoms with Gasteiger partial charge in [-0.1, -0.05) is 17.8 Å². The van der Waals surface area contributed by atoms with E-state index in [0.29, 0.717) is 6.54 Å². The van der Waals surface area contributed by atoms with Crippen LogP contribution in [-0.2, 0) is 11.3 Å². The fourth-order valence-electron chi connectivity index (χ4n) is 1.98. The van der Waals surface area contributed by atoms with Crippen molar-refractivity contribution in [1.82, 2.24) is 14.8 Å². The van der Waals surface area contributed by atoms with Crippen LogP contribution >= 0.6 is 11.8 Å². The molecule has 1 amide bonds. The van der Waals surface area contributed by atoms with Crippen LogP contribution in [0.5, 0.6) is 0 Å². The molecule has 0 saturated carbocycles. The second kappa shape index (κ2) is 7.82. The zero-order valence-corrected chi connectivity index (χ0v) is 14.4. The smallest absolute Gasteiger partial charge is 0.234 e. The number of rotatable bonds is 7. The first-order valence-electron chi connectivity index (χ1n) is 7.22. The molecule has 0 bridgehead atoms. The monoisotopic (exact) mass is 331 g/mol. The summed E-state index contributed by atoms with van der Waals surface area (Å²) in [6.07, 6.45) is 1.78. The largest absolute Gasteiger partial charge is 0.378 e. The molecule has 7 heteroatoms. The highest BCUT2D eigenvalue weighted by Crippen LogP contribution is 2.19. The third-order valence-electron chi connectivity index (χ3n) is 3.21. The number of carbonyl (C=O) groups excluding carboxylic acids is 1. The predicted molar refractivity (Wildman–Crippen MR) is 95.1 cm³/mol. The molecule has 122 valence electrons. The van der Waals surface area contributed by atoms with E-state index in [1.165, 1.54) is 11.8 Å². The lowest BCUT2D eigenvalue weighted by Gasteiger charge is -2.13.